The van der Waals surface area contributed by atoms with Gasteiger partial charge < -0.3 is 9.47 Å². The standard InChI is InChI=1S/C4H10O2.C3H6/c1-5-3-4-6-2;1-3-2/h3-4H2,1-2H3;3H,1H2,2H3. The Labute approximate surface area is 57.5 Å². The predicted octanol–water partition coefficient (Wildman–Crippen LogP) is 1.47. The Morgan fingerprint density at radius 1 is 1.22 bits per heavy atom. The van der Waals surface area contributed by atoms with Crippen molar-refractivity contribution in [2.45, 2.75) is 6.92 Å². The fourth-order valence-electron chi connectivity index (χ4n) is 0.167. The summed E-state index contributed by atoms with van der Waals surface area (Å²) in [6.07, 6.45) is 1.75. The van der Waals surface area contributed by atoms with Crippen LogP contribution in [0.5, 0.6) is 0 Å². The fraction of sp³-hybridized carbons (Fsp3) is 0.714. The van der Waals surface area contributed by atoms with Gasteiger partial charge in [-0.1, -0.05) is 6.08 Å². The lowest BCUT2D eigenvalue weighted by atomic mass is 10.8. The first-order valence-electron chi connectivity index (χ1n) is 2.88. The molecular weight excluding hydrogens is 116 g/mol. The molecule has 2 heteroatoms. The van der Waals surface area contributed by atoms with Crippen LogP contribution in [0.3, 0.4) is 0 Å². The van der Waals surface area contributed by atoms with Crippen LogP contribution in [0, 0.1) is 0 Å². The van der Waals surface area contributed by atoms with E-state index in [1.165, 1.54) is 0 Å². The fourth-order valence-corrected chi connectivity index (χ4v) is 0.167. The first-order chi connectivity index (χ1) is 4.33. The maximum absolute atomic E-state index is 4.66. The van der Waals surface area contributed by atoms with E-state index in [2.05, 4.69) is 16.1 Å². The lowest BCUT2D eigenvalue weighted by Gasteiger charge is -1.91. The molecule has 0 bridgehead atoms. The van der Waals surface area contributed by atoms with Crippen molar-refractivity contribution < 1.29 is 9.47 Å². The summed E-state index contributed by atoms with van der Waals surface area (Å²) in [7, 11) is 3.30. The minimum atomic E-state index is 0.691. The van der Waals surface area contributed by atoms with Gasteiger partial charge in [0.05, 0.1) is 13.2 Å². The van der Waals surface area contributed by atoms with Crippen molar-refractivity contribution in [1.29, 1.82) is 0 Å². The van der Waals surface area contributed by atoms with Gasteiger partial charge in [-0.3, -0.25) is 0 Å². The molecule has 0 aliphatic carbocycles. The Bertz CT molecular complexity index is 40.2. The number of ether oxygens (including phenoxy) is 2. The smallest absolute Gasteiger partial charge is 0.0696 e. The first kappa shape index (κ1) is 11.5. The average Bonchev–Trinajstić information content (AvgIpc) is 1.86. The van der Waals surface area contributed by atoms with Gasteiger partial charge in [0.15, 0.2) is 0 Å². The van der Waals surface area contributed by atoms with Crippen molar-refractivity contribution in [3.8, 4) is 0 Å². The van der Waals surface area contributed by atoms with Gasteiger partial charge in [0, 0.05) is 14.2 Å². The van der Waals surface area contributed by atoms with Crippen LogP contribution >= 0.6 is 0 Å². The van der Waals surface area contributed by atoms with E-state index < -0.39 is 0 Å². The van der Waals surface area contributed by atoms with Gasteiger partial charge >= 0.3 is 0 Å². The Balaban J connectivity index is 0. The molecule has 56 valence electrons. The second-order valence-electron chi connectivity index (χ2n) is 1.39. The highest BCUT2D eigenvalue weighted by atomic mass is 16.5. The van der Waals surface area contributed by atoms with Gasteiger partial charge in [0.25, 0.3) is 0 Å². The number of allylic oxidation sites excluding steroid dienone is 1. The third-order valence-electron chi connectivity index (χ3n) is 0.492. The minimum absolute atomic E-state index is 0.691. The summed E-state index contributed by atoms with van der Waals surface area (Å²) in [5, 5.41) is 0. The van der Waals surface area contributed by atoms with E-state index >= 15 is 0 Å². The van der Waals surface area contributed by atoms with E-state index in [0.717, 1.165) is 0 Å². The van der Waals surface area contributed by atoms with Crippen LogP contribution in [0.15, 0.2) is 12.7 Å². The first-order valence-corrected chi connectivity index (χ1v) is 2.88. The largest absolute Gasteiger partial charge is 0.382 e. The van der Waals surface area contributed by atoms with Gasteiger partial charge in [-0.15, -0.1) is 6.58 Å². The molecule has 2 nitrogen and oxygen atoms in total. The van der Waals surface area contributed by atoms with Crippen molar-refractivity contribution in [3.05, 3.63) is 12.7 Å². The van der Waals surface area contributed by atoms with E-state index in [1.54, 1.807) is 20.3 Å². The Kier molecular flexibility index (Phi) is 19.9. The van der Waals surface area contributed by atoms with E-state index in [9.17, 15) is 0 Å². The highest BCUT2D eigenvalue weighted by Crippen LogP contribution is 1.65. The molecule has 0 radical (unpaired) electrons. The van der Waals surface area contributed by atoms with E-state index in [0.29, 0.717) is 13.2 Å². The van der Waals surface area contributed by atoms with Crippen LogP contribution in [0.2, 0.25) is 0 Å². The van der Waals surface area contributed by atoms with Crippen molar-refractivity contribution in [1.82, 2.24) is 0 Å². The summed E-state index contributed by atoms with van der Waals surface area (Å²) in [6, 6.07) is 0. The maximum Gasteiger partial charge on any atom is 0.0696 e. The zero-order valence-corrected chi connectivity index (χ0v) is 6.52. The molecule has 0 fully saturated rings. The summed E-state index contributed by atoms with van der Waals surface area (Å²) in [5.41, 5.74) is 0. The van der Waals surface area contributed by atoms with Crippen molar-refractivity contribution in [3.63, 3.8) is 0 Å². The number of rotatable bonds is 3. The van der Waals surface area contributed by atoms with Crippen molar-refractivity contribution in [2.75, 3.05) is 27.4 Å². The second kappa shape index (κ2) is 15.6. The van der Waals surface area contributed by atoms with Crippen LogP contribution in [-0.2, 0) is 9.47 Å². The molecule has 0 saturated carbocycles. The summed E-state index contributed by atoms with van der Waals surface area (Å²) < 4.78 is 9.31. The molecule has 0 amide bonds. The SMILES string of the molecule is C=CC.COCCOC. The topological polar surface area (TPSA) is 18.5 Å². The Hall–Kier alpha value is -0.340. The summed E-state index contributed by atoms with van der Waals surface area (Å²) in [5.74, 6) is 0. The van der Waals surface area contributed by atoms with Crippen molar-refractivity contribution in [2.24, 2.45) is 0 Å². The van der Waals surface area contributed by atoms with Crippen molar-refractivity contribution >= 4 is 0 Å². The van der Waals surface area contributed by atoms with Crippen LogP contribution in [0.1, 0.15) is 6.92 Å². The van der Waals surface area contributed by atoms with Crippen LogP contribution in [0.25, 0.3) is 0 Å². The quantitative estimate of drug-likeness (QED) is 0.427. The molecule has 0 saturated heterocycles. The van der Waals surface area contributed by atoms with Gasteiger partial charge in [0.2, 0.25) is 0 Å². The summed E-state index contributed by atoms with van der Waals surface area (Å²) >= 11 is 0. The molecule has 0 rings (SSSR count). The number of hydrogen-bond acceptors (Lipinski definition) is 2. The average molecular weight is 132 g/mol. The van der Waals surface area contributed by atoms with Gasteiger partial charge in [-0.05, 0) is 6.92 Å². The molecule has 0 aromatic heterocycles. The normalized spacial score (nSPS) is 7.44. The predicted molar refractivity (Wildman–Crippen MR) is 39.6 cm³/mol. The zero-order chi connectivity index (χ0) is 7.54. The van der Waals surface area contributed by atoms with Crippen LogP contribution < -0.4 is 0 Å². The minimum Gasteiger partial charge on any atom is -0.382 e. The molecule has 9 heavy (non-hydrogen) atoms. The molecule has 0 unspecified atom stereocenters. The molecule has 0 atom stereocenters. The van der Waals surface area contributed by atoms with Gasteiger partial charge in [-0.2, -0.15) is 0 Å². The Morgan fingerprint density at radius 2 is 1.44 bits per heavy atom. The lowest BCUT2D eigenvalue weighted by molar-refractivity contribution is 0.103. The Morgan fingerprint density at radius 3 is 1.56 bits per heavy atom. The monoisotopic (exact) mass is 132 g/mol. The summed E-state index contributed by atoms with van der Waals surface area (Å²) in [6.45, 7) is 6.63. The molecule has 0 aliphatic heterocycles. The summed E-state index contributed by atoms with van der Waals surface area (Å²) in [4.78, 5) is 0. The van der Waals surface area contributed by atoms with E-state index in [-0.39, 0.29) is 0 Å². The van der Waals surface area contributed by atoms with Crippen LogP contribution in [-0.4, -0.2) is 27.4 Å². The third kappa shape index (κ3) is 34.7. The molecule has 0 aliphatic rings. The maximum atomic E-state index is 4.66. The van der Waals surface area contributed by atoms with E-state index in [1.807, 2.05) is 6.92 Å². The highest BCUT2D eigenvalue weighted by molar-refractivity contribution is 4.51. The molecule has 0 aromatic carbocycles. The lowest BCUT2D eigenvalue weighted by Crippen LogP contribution is -1.96. The molecule has 0 aromatic rings. The molecule has 0 spiro atoms. The molecular formula is C7H16O2. The van der Waals surface area contributed by atoms with Gasteiger partial charge in [-0.25, -0.2) is 0 Å². The second-order valence-corrected chi connectivity index (χ2v) is 1.39. The number of hydrogen-bond donors (Lipinski definition) is 0. The molecule has 0 heterocycles. The molecule has 0 N–H and O–H groups in total. The van der Waals surface area contributed by atoms with Gasteiger partial charge in [0.1, 0.15) is 0 Å². The van der Waals surface area contributed by atoms with Crippen LogP contribution in [0.4, 0.5) is 0 Å². The zero-order valence-electron chi connectivity index (χ0n) is 6.52. The third-order valence-corrected chi connectivity index (χ3v) is 0.492. The number of methoxy groups -OCH3 is 2. The van der Waals surface area contributed by atoms with E-state index in [4.69, 9.17) is 0 Å². The highest BCUT2D eigenvalue weighted by Gasteiger charge is 1.73.